The number of rotatable bonds is 19. The predicted octanol–water partition coefficient (Wildman–Crippen LogP) is 4.97. The van der Waals surface area contributed by atoms with Gasteiger partial charge in [-0.25, -0.2) is 14.6 Å². The molecule has 2 aromatic carbocycles. The fourth-order valence-corrected chi connectivity index (χ4v) is 7.85. The molecule has 0 spiro atoms. The Bertz CT molecular complexity index is 2680. The Morgan fingerprint density at radius 1 is 0.826 bits per heavy atom. The molecular formula is C49H56N12O8. The highest BCUT2D eigenvalue weighted by atomic mass is 16.6. The number of amides is 8. The number of ether oxygens (including phenoxy) is 1. The van der Waals surface area contributed by atoms with Crippen molar-refractivity contribution in [3.05, 3.63) is 97.0 Å². The van der Waals surface area contributed by atoms with Gasteiger partial charge in [-0.15, -0.1) is 0 Å². The first-order valence-electron chi connectivity index (χ1n) is 23.0. The van der Waals surface area contributed by atoms with Crippen LogP contribution in [0.2, 0.25) is 0 Å². The smallest absolute Gasteiger partial charge is 0.410 e. The number of benzene rings is 2. The van der Waals surface area contributed by atoms with Gasteiger partial charge in [0.1, 0.15) is 12.6 Å². The minimum absolute atomic E-state index is 0.0280. The molecule has 5 aromatic rings. The van der Waals surface area contributed by atoms with E-state index in [0.717, 1.165) is 44.1 Å². The molecule has 1 fully saturated rings. The Hall–Kier alpha value is -8.16. The van der Waals surface area contributed by atoms with Gasteiger partial charge in [-0.2, -0.15) is 0 Å². The van der Waals surface area contributed by atoms with E-state index in [-0.39, 0.29) is 55.8 Å². The Balaban J connectivity index is 0.839. The number of imidazole rings is 1. The fourth-order valence-electron chi connectivity index (χ4n) is 7.85. The van der Waals surface area contributed by atoms with Crippen molar-refractivity contribution < 1.29 is 38.3 Å². The number of piperazine rings is 1. The Labute approximate surface area is 398 Å². The number of fused-ring (bicyclic) bond motifs is 1. The van der Waals surface area contributed by atoms with E-state index in [0.29, 0.717) is 69.1 Å². The minimum Gasteiger partial charge on any atom is -0.445 e. The molecule has 3 aromatic heterocycles. The number of urea groups is 1. The summed E-state index contributed by atoms with van der Waals surface area (Å²) in [5.74, 6) is -1.86. The first-order valence-corrected chi connectivity index (χ1v) is 23.0. The number of hydrogen-bond acceptors (Lipinski definition) is 12. The Morgan fingerprint density at radius 2 is 1.59 bits per heavy atom. The highest BCUT2D eigenvalue weighted by molar-refractivity contribution is 6.12. The van der Waals surface area contributed by atoms with Crippen molar-refractivity contribution in [2.24, 2.45) is 5.92 Å². The lowest BCUT2D eigenvalue weighted by Gasteiger charge is -2.35. The second-order valence-corrected chi connectivity index (χ2v) is 16.9. The maximum absolute atomic E-state index is 13.1. The summed E-state index contributed by atoms with van der Waals surface area (Å²) >= 11 is 0. The number of aromatic nitrogens is 4. The van der Waals surface area contributed by atoms with Crippen LogP contribution in [0.5, 0.6) is 0 Å². The van der Waals surface area contributed by atoms with Crippen LogP contribution in [0.4, 0.5) is 26.9 Å². The van der Waals surface area contributed by atoms with Crippen molar-refractivity contribution in [2.45, 2.75) is 59.1 Å². The number of H-pyrrole nitrogens is 1. The number of pyridine rings is 2. The lowest BCUT2D eigenvalue weighted by atomic mass is 10.0. The number of nitrogens with zero attached hydrogens (tertiary/aromatic N) is 6. The second kappa shape index (κ2) is 23.0. The van der Waals surface area contributed by atoms with E-state index < -0.39 is 23.9 Å². The van der Waals surface area contributed by atoms with Crippen LogP contribution >= 0.6 is 0 Å². The number of aromatic amines is 1. The molecule has 20 nitrogen and oxygen atoms in total. The molecule has 8 amide bonds. The minimum atomic E-state index is -0.845. The molecule has 1 atom stereocenters. The van der Waals surface area contributed by atoms with Crippen LogP contribution in [0.1, 0.15) is 52.0 Å². The molecular weight excluding hydrogens is 885 g/mol. The van der Waals surface area contributed by atoms with Crippen molar-refractivity contribution in [1.29, 1.82) is 0 Å². The summed E-state index contributed by atoms with van der Waals surface area (Å²) in [5.41, 5.74) is 6.75. The second-order valence-electron chi connectivity index (χ2n) is 16.9. The van der Waals surface area contributed by atoms with Gasteiger partial charge in [0.25, 0.3) is 11.8 Å². The average molecular weight is 941 g/mol. The largest absolute Gasteiger partial charge is 0.445 e. The summed E-state index contributed by atoms with van der Waals surface area (Å²) < 4.78 is 5.64. The summed E-state index contributed by atoms with van der Waals surface area (Å²) in [6.45, 7) is 7.89. The van der Waals surface area contributed by atoms with Crippen molar-refractivity contribution in [3.8, 4) is 22.4 Å². The van der Waals surface area contributed by atoms with E-state index in [9.17, 15) is 33.6 Å². The zero-order valence-electron chi connectivity index (χ0n) is 38.7. The summed E-state index contributed by atoms with van der Waals surface area (Å²) in [4.78, 5) is 109. The zero-order valence-corrected chi connectivity index (χ0v) is 38.7. The molecule has 0 saturated carbocycles. The third-order valence-corrected chi connectivity index (χ3v) is 11.5. The number of carbonyl (C=O) groups excluding carboxylic acids is 7. The molecule has 0 unspecified atom stereocenters. The van der Waals surface area contributed by atoms with Crippen molar-refractivity contribution in [1.82, 2.24) is 45.7 Å². The maximum Gasteiger partial charge on any atom is 0.410 e. The highest BCUT2D eigenvalue weighted by Gasteiger charge is 2.26. The lowest BCUT2D eigenvalue weighted by Crippen LogP contribution is -2.51. The van der Waals surface area contributed by atoms with Crippen molar-refractivity contribution >= 4 is 70.0 Å². The number of anilines is 3. The third kappa shape index (κ3) is 13.1. The number of unbranched alkanes of at least 4 members (excludes halogenated alkanes) is 2. The lowest BCUT2D eigenvalue weighted by molar-refractivity contribution is -0.137. The van der Waals surface area contributed by atoms with Gasteiger partial charge in [0.15, 0.2) is 0 Å². The van der Waals surface area contributed by atoms with Crippen LogP contribution in [0.3, 0.4) is 0 Å². The summed E-state index contributed by atoms with van der Waals surface area (Å²) in [5, 5.41) is 13.5. The summed E-state index contributed by atoms with van der Waals surface area (Å²) in [6, 6.07) is 17.3. The van der Waals surface area contributed by atoms with Crippen LogP contribution in [-0.4, -0.2) is 123 Å². The fraction of sp³-hybridized carbons (Fsp3) is 0.347. The van der Waals surface area contributed by atoms with Crippen molar-refractivity contribution in [3.63, 3.8) is 0 Å². The predicted molar refractivity (Wildman–Crippen MR) is 258 cm³/mol. The summed E-state index contributed by atoms with van der Waals surface area (Å²) in [7, 11) is 0. The first kappa shape index (κ1) is 48.8. The van der Waals surface area contributed by atoms with E-state index >= 15 is 0 Å². The number of hydrogen-bond donors (Lipinski definition) is 6. The van der Waals surface area contributed by atoms with Crippen LogP contribution in [0.15, 0.2) is 91.4 Å². The van der Waals surface area contributed by atoms with E-state index in [2.05, 4.69) is 57.5 Å². The van der Waals surface area contributed by atoms with Crippen LogP contribution < -0.4 is 31.5 Å². The monoisotopic (exact) mass is 940 g/mol. The number of carbonyl (C=O) groups is 7. The van der Waals surface area contributed by atoms with Gasteiger partial charge >= 0.3 is 12.1 Å². The number of imide groups is 1. The molecule has 0 bridgehead atoms. The molecule has 5 heterocycles. The highest BCUT2D eigenvalue weighted by Crippen LogP contribution is 2.34. The van der Waals surface area contributed by atoms with Gasteiger partial charge in [-0.1, -0.05) is 38.5 Å². The topological polar surface area (TPSA) is 253 Å². The quantitative estimate of drug-likeness (QED) is 0.0475. The van der Waals surface area contributed by atoms with Gasteiger partial charge < -0.3 is 40.8 Å². The van der Waals surface area contributed by atoms with E-state index in [1.54, 1.807) is 61.6 Å². The molecule has 7 rings (SSSR count). The van der Waals surface area contributed by atoms with E-state index in [1.807, 2.05) is 37.3 Å². The normalized spacial score (nSPS) is 13.9. The maximum atomic E-state index is 13.1. The van der Waals surface area contributed by atoms with Crippen LogP contribution in [0.25, 0.3) is 33.4 Å². The van der Waals surface area contributed by atoms with Crippen LogP contribution in [0, 0.1) is 5.92 Å². The van der Waals surface area contributed by atoms with Gasteiger partial charge in [0.2, 0.25) is 23.7 Å². The Morgan fingerprint density at radius 3 is 2.30 bits per heavy atom. The molecule has 1 saturated heterocycles. The molecule has 6 N–H and O–H groups in total. The molecule has 2 aliphatic heterocycles. The molecule has 360 valence electrons. The molecule has 0 aliphatic carbocycles. The third-order valence-electron chi connectivity index (χ3n) is 11.5. The standard InChI is InChI=1S/C49H56N12O8/c1-4-51-48(67)58-47-55-39-26-33(25-37(45(39)57-47)38-10-7-8-18-52-38)34-24-36(28-50-27-34)59-20-22-60(23-21-59)49(68)69-30-32-12-14-35(15-13-32)54-41(63)29-53-46(66)44(31(2)3)56-40(62)11-6-5-9-19-61-42(64)16-17-43(61)65/h7-8,10,12-18,24-28,31,44H,4-6,9,11,19-23,29-30H2,1-3H3,(H,53,66)(H,54,63)(H,56,62)(H3,51,55,57,58,67)/t44-/m0/s1. The average Bonchev–Trinajstić information content (AvgIpc) is 3.91. The SMILES string of the molecule is CCNC(=O)Nc1nc2cc(-c3cncc(N4CCN(C(=O)OCc5ccc(NC(=O)CNC(=O)[C@@H](NC(=O)CCCCCN6C(=O)C=CC6=O)C(C)C)cc5)CC4)c3)cc(-c3ccccn3)c2[nH]1. The molecule has 20 heteroatoms. The molecule has 2 aliphatic rings. The zero-order chi connectivity index (χ0) is 48.9. The summed E-state index contributed by atoms with van der Waals surface area (Å²) in [6.07, 6.45) is 9.22. The molecule has 69 heavy (non-hydrogen) atoms. The Kier molecular flexibility index (Phi) is 16.3. The van der Waals surface area contributed by atoms with Crippen molar-refractivity contribution in [2.75, 3.05) is 61.3 Å². The molecule has 0 radical (unpaired) electrons. The first-order chi connectivity index (χ1) is 33.3. The number of nitrogens with one attached hydrogen (secondary N) is 6. The van der Waals surface area contributed by atoms with Gasteiger partial charge in [0.05, 0.1) is 35.2 Å². The van der Waals surface area contributed by atoms with E-state index in [4.69, 9.17) is 4.74 Å². The van der Waals surface area contributed by atoms with E-state index in [1.165, 1.54) is 12.2 Å². The van der Waals surface area contributed by atoms with Gasteiger partial charge in [-0.3, -0.25) is 44.2 Å². The van der Waals surface area contributed by atoms with Crippen LogP contribution in [-0.2, 0) is 35.3 Å². The van der Waals surface area contributed by atoms with Gasteiger partial charge in [-0.05, 0) is 79.3 Å². The van der Waals surface area contributed by atoms with Gasteiger partial charge in [0, 0.05) is 87.0 Å².